The van der Waals surface area contributed by atoms with Crippen LogP contribution in [0.2, 0.25) is 0 Å². The van der Waals surface area contributed by atoms with Crippen LogP contribution in [-0.2, 0) is 11.3 Å². The molecule has 3 aromatic heterocycles. The Morgan fingerprint density at radius 3 is 2.20 bits per heavy atom. The molecule has 0 bridgehead atoms. The van der Waals surface area contributed by atoms with Crippen molar-refractivity contribution in [1.82, 2.24) is 35.5 Å². The highest BCUT2D eigenvalue weighted by molar-refractivity contribution is 6.00. The molecule has 0 saturated heterocycles. The number of carbonyl (C=O) groups is 2. The number of aromatic amines is 1. The van der Waals surface area contributed by atoms with Gasteiger partial charge in [0.25, 0.3) is 5.91 Å². The van der Waals surface area contributed by atoms with E-state index in [0.29, 0.717) is 35.6 Å². The van der Waals surface area contributed by atoms with E-state index in [4.69, 9.17) is 0 Å². The number of nitrogens with zero attached hydrogens (tertiary/aromatic N) is 5. The highest BCUT2D eigenvalue weighted by Gasteiger charge is 2.41. The van der Waals surface area contributed by atoms with E-state index < -0.39 is 6.04 Å². The Bertz CT molecular complexity index is 1250. The molecule has 3 aromatic rings. The number of aryl methyl sites for hydroxylation is 3. The van der Waals surface area contributed by atoms with Crippen LogP contribution in [0, 0.1) is 31.6 Å². The Morgan fingerprint density at radius 2 is 1.65 bits per heavy atom. The van der Waals surface area contributed by atoms with Crippen LogP contribution in [-0.4, -0.2) is 48.0 Å². The second-order valence-corrected chi connectivity index (χ2v) is 11.5. The van der Waals surface area contributed by atoms with Gasteiger partial charge in [-0.1, -0.05) is 64.2 Å². The maximum atomic E-state index is 14.1. The fraction of sp³-hybridized carbons (Fsp3) is 0.600. The number of aromatic nitrogens is 6. The molecular formula is C30H42N8O2. The molecule has 2 saturated carbocycles. The molecule has 0 aromatic carbocycles. The summed E-state index contributed by atoms with van der Waals surface area (Å²) in [6.07, 6.45) is 13.2. The summed E-state index contributed by atoms with van der Waals surface area (Å²) in [6.45, 7) is 6.40. The number of nitrogens with one attached hydrogen (secondary N) is 3. The fourth-order valence-corrected chi connectivity index (χ4v) is 6.96. The predicted molar refractivity (Wildman–Crippen MR) is 154 cm³/mol. The Balaban J connectivity index is 1.43. The monoisotopic (exact) mass is 546 g/mol. The Kier molecular flexibility index (Phi) is 8.91. The van der Waals surface area contributed by atoms with Gasteiger partial charge in [0.05, 0.1) is 11.4 Å². The quantitative estimate of drug-likeness (QED) is 0.338. The van der Waals surface area contributed by atoms with E-state index in [0.717, 1.165) is 42.6 Å². The summed E-state index contributed by atoms with van der Waals surface area (Å²) in [5.74, 6) is 0.773. The van der Waals surface area contributed by atoms with E-state index in [9.17, 15) is 9.59 Å². The summed E-state index contributed by atoms with van der Waals surface area (Å²) in [4.78, 5) is 27.7. The Morgan fingerprint density at radius 1 is 0.975 bits per heavy atom. The molecule has 0 spiro atoms. The van der Waals surface area contributed by atoms with Gasteiger partial charge >= 0.3 is 0 Å². The minimum Gasteiger partial charge on any atom is -0.339 e. The molecule has 3 N–H and O–H groups in total. The summed E-state index contributed by atoms with van der Waals surface area (Å²) in [5, 5.41) is 26.4. The first kappa shape index (κ1) is 28.0. The van der Waals surface area contributed by atoms with Crippen molar-refractivity contribution in [2.24, 2.45) is 17.8 Å². The second kappa shape index (κ2) is 12.7. The van der Waals surface area contributed by atoms with Gasteiger partial charge in [-0.05, 0) is 56.7 Å². The molecule has 1 atom stereocenters. The van der Waals surface area contributed by atoms with Crippen molar-refractivity contribution in [1.29, 1.82) is 0 Å². The maximum absolute atomic E-state index is 14.1. The molecule has 214 valence electrons. The molecule has 2 aliphatic carbocycles. The van der Waals surface area contributed by atoms with Gasteiger partial charge < -0.3 is 10.6 Å². The van der Waals surface area contributed by atoms with Gasteiger partial charge in [0, 0.05) is 24.0 Å². The number of anilines is 1. The van der Waals surface area contributed by atoms with Crippen LogP contribution in [0.1, 0.15) is 93.0 Å². The molecule has 2 amide bonds. The van der Waals surface area contributed by atoms with Crippen LogP contribution >= 0.6 is 0 Å². The molecule has 10 heteroatoms. The minimum atomic E-state index is -0.668. The first-order valence-electron chi connectivity index (χ1n) is 15.0. The molecule has 40 heavy (non-hydrogen) atoms. The average molecular weight is 547 g/mol. The first-order valence-corrected chi connectivity index (χ1v) is 15.0. The van der Waals surface area contributed by atoms with Crippen molar-refractivity contribution in [3.63, 3.8) is 0 Å². The summed E-state index contributed by atoms with van der Waals surface area (Å²) < 4.78 is 1.67. The summed E-state index contributed by atoms with van der Waals surface area (Å²) >= 11 is 0. The lowest BCUT2D eigenvalue weighted by Gasteiger charge is -2.41. The third kappa shape index (κ3) is 6.10. The van der Waals surface area contributed by atoms with Gasteiger partial charge in [-0.25, -0.2) is 0 Å². The van der Waals surface area contributed by atoms with Crippen molar-refractivity contribution in [2.45, 2.75) is 97.6 Å². The third-order valence-electron chi connectivity index (χ3n) is 8.89. The van der Waals surface area contributed by atoms with Crippen LogP contribution in [0.3, 0.4) is 0 Å². The van der Waals surface area contributed by atoms with E-state index in [-0.39, 0.29) is 17.7 Å². The number of rotatable bonds is 9. The summed E-state index contributed by atoms with van der Waals surface area (Å²) in [6, 6.07) is 4.67. The number of amides is 2. The maximum Gasteiger partial charge on any atom is 0.270 e. The standard InChI is InChI=1S/C30H42N8O2/c1-4-38-24(17-18-31-38)29(39)33-28(27(21-11-7-5-8-12-21)22-13-9-6-10-14-22)30(40)32-25-16-15-23(36-37-25)26-19(2)34-35-20(26)3/h15-18,21-22,27-28H,4-14H2,1-3H3,(H,33,39)(H,34,35)(H,32,37,40)/t28-/m0/s1. The van der Waals surface area contributed by atoms with Gasteiger partial charge in [-0.3, -0.25) is 19.4 Å². The molecule has 2 aliphatic rings. The SMILES string of the molecule is CCn1nccc1C(=O)N[C@H](C(=O)Nc1ccc(-c2c(C)n[nH]c2C)nn1)C(C1CCCCC1)C1CCCCC1. The fourth-order valence-electron chi connectivity index (χ4n) is 6.96. The normalized spacial score (nSPS) is 17.6. The van der Waals surface area contributed by atoms with Crippen molar-refractivity contribution in [2.75, 3.05) is 5.32 Å². The van der Waals surface area contributed by atoms with Crippen LogP contribution in [0.15, 0.2) is 24.4 Å². The smallest absolute Gasteiger partial charge is 0.270 e. The highest BCUT2D eigenvalue weighted by Crippen LogP contribution is 2.42. The lowest BCUT2D eigenvalue weighted by Crippen LogP contribution is -2.53. The number of hydrogen-bond acceptors (Lipinski definition) is 6. The third-order valence-corrected chi connectivity index (χ3v) is 8.89. The number of H-pyrrole nitrogens is 1. The predicted octanol–water partition coefficient (Wildman–Crippen LogP) is 5.21. The molecule has 3 heterocycles. The van der Waals surface area contributed by atoms with Gasteiger partial charge in [0.15, 0.2) is 5.82 Å². The van der Waals surface area contributed by atoms with Crippen molar-refractivity contribution < 1.29 is 9.59 Å². The van der Waals surface area contributed by atoms with E-state index >= 15 is 0 Å². The largest absolute Gasteiger partial charge is 0.339 e. The molecule has 2 fully saturated rings. The highest BCUT2D eigenvalue weighted by atomic mass is 16.2. The first-order chi connectivity index (χ1) is 19.5. The number of carbonyl (C=O) groups excluding carboxylic acids is 2. The Labute approximate surface area is 236 Å². The lowest BCUT2D eigenvalue weighted by atomic mass is 9.66. The van der Waals surface area contributed by atoms with Crippen molar-refractivity contribution >= 4 is 17.6 Å². The van der Waals surface area contributed by atoms with Crippen LogP contribution in [0.25, 0.3) is 11.3 Å². The van der Waals surface area contributed by atoms with Crippen LogP contribution < -0.4 is 10.6 Å². The van der Waals surface area contributed by atoms with E-state index in [1.165, 1.54) is 38.5 Å². The van der Waals surface area contributed by atoms with Crippen LogP contribution in [0.4, 0.5) is 5.82 Å². The van der Waals surface area contributed by atoms with Gasteiger partial charge in [-0.2, -0.15) is 10.2 Å². The topological polar surface area (TPSA) is 130 Å². The van der Waals surface area contributed by atoms with Crippen molar-refractivity contribution in [3.8, 4) is 11.3 Å². The number of hydrogen-bond donors (Lipinski definition) is 3. The van der Waals surface area contributed by atoms with Gasteiger partial charge in [0.2, 0.25) is 5.91 Å². The molecule has 0 radical (unpaired) electrons. The second-order valence-electron chi connectivity index (χ2n) is 11.5. The average Bonchev–Trinajstić information content (AvgIpc) is 3.60. The zero-order chi connectivity index (χ0) is 28.1. The van der Waals surface area contributed by atoms with Gasteiger partial charge in [-0.15, -0.1) is 10.2 Å². The molecule has 0 aliphatic heterocycles. The summed E-state index contributed by atoms with van der Waals surface area (Å²) in [7, 11) is 0. The Hall–Kier alpha value is -3.56. The molecule has 10 nitrogen and oxygen atoms in total. The molecular weight excluding hydrogens is 504 g/mol. The van der Waals surface area contributed by atoms with E-state index in [2.05, 4.69) is 36.1 Å². The zero-order valence-electron chi connectivity index (χ0n) is 23.9. The lowest BCUT2D eigenvalue weighted by molar-refractivity contribution is -0.121. The summed E-state index contributed by atoms with van der Waals surface area (Å²) in [5.41, 5.74) is 3.85. The van der Waals surface area contributed by atoms with Crippen LogP contribution in [0.5, 0.6) is 0 Å². The van der Waals surface area contributed by atoms with E-state index in [1.807, 2.05) is 26.8 Å². The zero-order valence-corrected chi connectivity index (χ0v) is 23.9. The minimum absolute atomic E-state index is 0.0750. The molecule has 0 unspecified atom stereocenters. The van der Waals surface area contributed by atoms with Gasteiger partial charge in [0.1, 0.15) is 11.7 Å². The molecule has 5 rings (SSSR count). The van der Waals surface area contributed by atoms with Crippen molar-refractivity contribution in [3.05, 3.63) is 41.5 Å². The van der Waals surface area contributed by atoms with E-state index in [1.54, 1.807) is 23.0 Å².